The van der Waals surface area contributed by atoms with Crippen LogP contribution in [0.5, 0.6) is 0 Å². The van der Waals surface area contributed by atoms with Gasteiger partial charge in [0.1, 0.15) is 45.0 Å². The number of hydrogen-bond acceptors (Lipinski definition) is 6. The number of β-lactam (4-membered cyclic amide) rings is 1. The summed E-state index contributed by atoms with van der Waals surface area (Å²) < 4.78 is 31.3. The first-order chi connectivity index (χ1) is 21.3. The number of aliphatic hydroxyl groups is 1. The maximum atomic E-state index is 14.1. The van der Waals surface area contributed by atoms with Crippen LogP contribution in [-0.4, -0.2) is 126 Å². The van der Waals surface area contributed by atoms with E-state index in [4.69, 9.17) is 5.73 Å². The molecule has 2 amide bonds. The zero-order valence-corrected chi connectivity index (χ0v) is 26.5. The molecule has 4 atom stereocenters. The number of carbonyl (C=O) groups excluding carboxylic acids is 2. The van der Waals surface area contributed by atoms with Crippen LogP contribution in [0.3, 0.4) is 0 Å². The number of hydrogen-bond donors (Lipinski definition) is 3. The van der Waals surface area contributed by atoms with Crippen molar-refractivity contribution < 1.29 is 42.0 Å². The van der Waals surface area contributed by atoms with Crippen LogP contribution in [0.4, 0.5) is 0 Å². The van der Waals surface area contributed by atoms with E-state index in [0.717, 1.165) is 83.1 Å². The number of rotatable bonds is 9. The standard InChI is InChI=1S/C32H39N5O7S/c1-19-24(30(32(41)42)35-29(19)27(20(2)38)31(35)40)17-34-16-22-4-3-5-23-21(6-7-25(28(22)23)45(34,43)44)8-9-36-10-13-37(14-11-36,15-12-36)18-26(33)39/h3-7,19-20,27,29,38H,8-18H2,1-2H3,(H-2,33,39,41,42)/p+2/t19-,20+,27+,29+,36?,37?/m0/s1. The lowest BCUT2D eigenvalue weighted by molar-refractivity contribution is -1.08. The van der Waals surface area contributed by atoms with Crippen molar-refractivity contribution in [3.8, 4) is 0 Å². The predicted octanol–water partition coefficient (Wildman–Crippen LogP) is 0.229. The van der Waals surface area contributed by atoms with Crippen molar-refractivity contribution in [2.24, 2.45) is 17.6 Å². The first-order valence-electron chi connectivity index (χ1n) is 15.8. The molecule has 8 rings (SSSR count). The third kappa shape index (κ3) is 4.54. The summed E-state index contributed by atoms with van der Waals surface area (Å²) >= 11 is 0. The Morgan fingerprint density at radius 2 is 1.73 bits per heavy atom. The van der Waals surface area contributed by atoms with Crippen LogP contribution in [0.15, 0.2) is 46.5 Å². The first kappa shape index (κ1) is 30.3. The van der Waals surface area contributed by atoms with Gasteiger partial charge in [-0.05, 0) is 35.1 Å². The Balaban J connectivity index is 1.15. The Morgan fingerprint density at radius 3 is 2.36 bits per heavy atom. The Hall–Kier alpha value is -3.36. The van der Waals surface area contributed by atoms with Gasteiger partial charge in [0.2, 0.25) is 15.9 Å². The second-order valence-corrected chi connectivity index (χ2v) is 15.8. The Labute approximate surface area is 262 Å². The number of benzene rings is 2. The van der Waals surface area contributed by atoms with Crippen molar-refractivity contribution in [3.63, 3.8) is 0 Å². The summed E-state index contributed by atoms with van der Waals surface area (Å²) in [6.45, 7) is 10.5. The highest BCUT2D eigenvalue weighted by Gasteiger charge is 2.60. The molecule has 6 heterocycles. The highest BCUT2D eigenvalue weighted by atomic mass is 32.2. The van der Waals surface area contributed by atoms with Gasteiger partial charge >= 0.3 is 5.97 Å². The number of carboxylic acids is 1. The van der Waals surface area contributed by atoms with Crippen molar-refractivity contribution in [2.75, 3.05) is 58.9 Å². The molecule has 13 heteroatoms. The molecule has 2 bridgehead atoms. The number of nitrogens with zero attached hydrogens (tertiary/aromatic N) is 4. The van der Waals surface area contributed by atoms with Crippen molar-refractivity contribution in [3.05, 3.63) is 52.7 Å². The average Bonchev–Trinajstić information content (AvgIpc) is 3.23. The monoisotopic (exact) mass is 639 g/mol. The number of quaternary nitrogens is 2. The molecule has 4 saturated heterocycles. The lowest BCUT2D eigenvalue weighted by Gasteiger charge is -2.55. The quantitative estimate of drug-likeness (QED) is 0.262. The van der Waals surface area contributed by atoms with E-state index >= 15 is 0 Å². The molecule has 4 N–H and O–H groups in total. The lowest BCUT2D eigenvalue weighted by Crippen LogP contribution is -2.76. The minimum atomic E-state index is -3.98. The summed E-state index contributed by atoms with van der Waals surface area (Å²) in [6.07, 6.45) is -0.126. The van der Waals surface area contributed by atoms with Crippen LogP contribution < -0.4 is 5.73 Å². The summed E-state index contributed by atoms with van der Waals surface area (Å²) in [4.78, 5) is 38.2. The largest absolute Gasteiger partial charge is 0.477 e. The van der Waals surface area contributed by atoms with Gasteiger partial charge in [-0.1, -0.05) is 31.2 Å². The summed E-state index contributed by atoms with van der Waals surface area (Å²) in [5, 5.41) is 21.9. The number of fused-ring (bicyclic) bond motifs is 4. The van der Waals surface area contributed by atoms with E-state index in [1.54, 1.807) is 13.0 Å². The van der Waals surface area contributed by atoms with Gasteiger partial charge in [0.15, 0.2) is 6.54 Å². The van der Waals surface area contributed by atoms with Crippen LogP contribution in [0.25, 0.3) is 10.8 Å². The molecule has 0 spiro atoms. The molecule has 0 aliphatic carbocycles. The SMILES string of the molecule is C[C@@H](O)[C@H]1C(=O)N2C(C(=O)O)=C(CN3Cc4cccc5c(CC[N+]67CC[N+](CC(N)=O)(CC6)CC7)ccc(c45)S3(=O)=O)[C@H](C)[C@H]12. The van der Waals surface area contributed by atoms with Gasteiger partial charge in [0.05, 0.1) is 29.5 Å². The van der Waals surface area contributed by atoms with Crippen molar-refractivity contribution >= 4 is 38.6 Å². The molecule has 2 aromatic carbocycles. The van der Waals surface area contributed by atoms with E-state index in [1.165, 1.54) is 16.1 Å². The van der Waals surface area contributed by atoms with Crippen LogP contribution in [0.1, 0.15) is 25.0 Å². The lowest BCUT2D eigenvalue weighted by atomic mass is 9.78. The first-order valence-corrected chi connectivity index (χ1v) is 17.2. The molecule has 0 saturated carbocycles. The van der Waals surface area contributed by atoms with Crippen LogP contribution in [-0.2, 0) is 37.4 Å². The summed E-state index contributed by atoms with van der Waals surface area (Å²) in [7, 11) is -3.98. The molecule has 0 radical (unpaired) electrons. The minimum Gasteiger partial charge on any atom is -0.477 e. The smallest absolute Gasteiger partial charge is 0.352 e. The van der Waals surface area contributed by atoms with Crippen molar-refractivity contribution in [1.29, 1.82) is 0 Å². The van der Waals surface area contributed by atoms with Gasteiger partial charge in [0, 0.05) is 30.8 Å². The fourth-order valence-electron chi connectivity index (χ4n) is 8.88. The highest BCUT2D eigenvalue weighted by Crippen LogP contribution is 2.48. The zero-order chi connectivity index (χ0) is 32.1. The Morgan fingerprint density at radius 1 is 1.07 bits per heavy atom. The van der Waals surface area contributed by atoms with Crippen molar-refractivity contribution in [1.82, 2.24) is 9.21 Å². The topological polar surface area (TPSA) is 158 Å². The van der Waals surface area contributed by atoms with E-state index in [1.807, 2.05) is 24.3 Å². The maximum absolute atomic E-state index is 14.1. The van der Waals surface area contributed by atoms with E-state index in [-0.39, 0.29) is 29.6 Å². The molecule has 12 nitrogen and oxygen atoms in total. The summed E-state index contributed by atoms with van der Waals surface area (Å²) in [6, 6.07) is 8.96. The average molecular weight is 640 g/mol. The van der Waals surface area contributed by atoms with Gasteiger partial charge in [-0.2, -0.15) is 4.31 Å². The molecule has 45 heavy (non-hydrogen) atoms. The zero-order valence-electron chi connectivity index (χ0n) is 25.7. The molecule has 0 aromatic heterocycles. The number of piperazine rings is 3. The predicted molar refractivity (Wildman–Crippen MR) is 164 cm³/mol. The van der Waals surface area contributed by atoms with E-state index < -0.39 is 45.9 Å². The normalized spacial score (nSPS) is 32.5. The number of aliphatic carboxylic acids is 1. The number of primary amides is 1. The molecule has 240 valence electrons. The summed E-state index contributed by atoms with van der Waals surface area (Å²) in [5.74, 6) is -3.09. The van der Waals surface area contributed by atoms with E-state index in [2.05, 4.69) is 0 Å². The number of carbonyl (C=O) groups is 3. The van der Waals surface area contributed by atoms with Crippen molar-refractivity contribution in [2.45, 2.75) is 43.9 Å². The molecule has 6 aliphatic rings. The fourth-order valence-corrected chi connectivity index (χ4v) is 10.5. The van der Waals surface area contributed by atoms with Gasteiger partial charge in [-0.3, -0.25) is 9.59 Å². The molecular formula is C32H41N5O7S+2. The van der Waals surface area contributed by atoms with Crippen LogP contribution in [0.2, 0.25) is 0 Å². The summed E-state index contributed by atoms with van der Waals surface area (Å²) in [5.41, 5.74) is 7.72. The van der Waals surface area contributed by atoms with Gasteiger partial charge in [-0.25, -0.2) is 13.2 Å². The molecule has 2 aromatic rings. The van der Waals surface area contributed by atoms with Crippen LogP contribution >= 0.6 is 0 Å². The van der Waals surface area contributed by atoms with Crippen LogP contribution in [0, 0.1) is 11.8 Å². The number of aliphatic hydroxyl groups excluding tert-OH is 1. The van der Waals surface area contributed by atoms with E-state index in [0.29, 0.717) is 12.1 Å². The highest BCUT2D eigenvalue weighted by molar-refractivity contribution is 7.89. The molecule has 4 fully saturated rings. The third-order valence-electron chi connectivity index (χ3n) is 11.5. The number of amides is 2. The Bertz CT molecular complexity index is 1760. The van der Waals surface area contributed by atoms with Gasteiger partial charge in [0.25, 0.3) is 5.91 Å². The minimum absolute atomic E-state index is 0.0948. The maximum Gasteiger partial charge on any atom is 0.352 e. The second kappa shape index (κ2) is 10.3. The molecule has 6 aliphatic heterocycles. The number of sulfonamides is 1. The van der Waals surface area contributed by atoms with Gasteiger partial charge in [-0.15, -0.1) is 0 Å². The van der Waals surface area contributed by atoms with E-state index in [9.17, 15) is 33.0 Å². The number of carboxylic acid groups (broad SMARTS) is 1. The molecular weight excluding hydrogens is 598 g/mol. The second-order valence-electron chi connectivity index (χ2n) is 13.9. The third-order valence-corrected chi connectivity index (χ3v) is 13.3. The molecule has 0 unspecified atom stereocenters. The Kier molecular flexibility index (Phi) is 6.95. The fraction of sp³-hybridized carbons (Fsp3) is 0.531. The number of nitrogens with two attached hydrogens (primary N) is 1. The van der Waals surface area contributed by atoms with Gasteiger partial charge < -0.3 is 29.8 Å².